The quantitative estimate of drug-likeness (QED) is 0.815. The maximum absolute atomic E-state index is 10.7. The zero-order valence-corrected chi connectivity index (χ0v) is 12.0. The molecule has 0 heterocycles. The lowest BCUT2D eigenvalue weighted by Crippen LogP contribution is -2.35. The summed E-state index contributed by atoms with van der Waals surface area (Å²) in [7, 11) is 1.61. The third-order valence-electron chi connectivity index (χ3n) is 3.69. The predicted octanol–water partition coefficient (Wildman–Crippen LogP) is 3.63. The molecule has 104 valence electrons. The van der Waals surface area contributed by atoms with Gasteiger partial charge in [-0.3, -0.25) is 0 Å². The molecule has 0 saturated heterocycles. The molecule has 1 aromatic rings. The van der Waals surface area contributed by atoms with E-state index in [0.29, 0.717) is 12.8 Å². The zero-order valence-electron chi connectivity index (χ0n) is 12.0. The standard InChI is InChI=1S/C16H23NO2/c1-4-6-11-16(18,5-2)15(12-17)13-7-9-14(19-3)10-8-13/h7-10,15,18H,4-6,11H2,1-3H3. The fraction of sp³-hybridized carbons (Fsp3) is 0.562. The molecule has 3 nitrogen and oxygen atoms in total. The van der Waals surface area contributed by atoms with E-state index < -0.39 is 11.5 Å². The van der Waals surface area contributed by atoms with Crippen LogP contribution in [0, 0.1) is 11.3 Å². The Balaban J connectivity index is 2.99. The molecule has 1 rings (SSSR count). The summed E-state index contributed by atoms with van der Waals surface area (Å²) in [5, 5.41) is 20.2. The molecule has 0 radical (unpaired) electrons. The molecular formula is C16H23NO2. The van der Waals surface area contributed by atoms with Crippen molar-refractivity contribution in [2.24, 2.45) is 0 Å². The van der Waals surface area contributed by atoms with Crippen molar-refractivity contribution in [2.45, 2.75) is 51.0 Å². The van der Waals surface area contributed by atoms with Gasteiger partial charge in [0.15, 0.2) is 0 Å². The molecule has 0 saturated carbocycles. The van der Waals surface area contributed by atoms with Crippen LogP contribution in [0.3, 0.4) is 0 Å². The van der Waals surface area contributed by atoms with Crippen LogP contribution in [0.5, 0.6) is 5.75 Å². The summed E-state index contributed by atoms with van der Waals surface area (Å²) >= 11 is 0. The number of aliphatic hydroxyl groups is 1. The van der Waals surface area contributed by atoms with Gasteiger partial charge in [0.25, 0.3) is 0 Å². The molecule has 2 unspecified atom stereocenters. The molecule has 0 aliphatic rings. The Labute approximate surface area is 115 Å². The van der Waals surface area contributed by atoms with Gasteiger partial charge in [-0.2, -0.15) is 5.26 Å². The largest absolute Gasteiger partial charge is 0.497 e. The zero-order chi connectivity index (χ0) is 14.3. The number of benzene rings is 1. The number of hydrogen-bond acceptors (Lipinski definition) is 3. The van der Waals surface area contributed by atoms with Crippen LogP contribution in [-0.4, -0.2) is 17.8 Å². The highest BCUT2D eigenvalue weighted by Crippen LogP contribution is 2.35. The van der Waals surface area contributed by atoms with Gasteiger partial charge in [0.05, 0.1) is 24.7 Å². The van der Waals surface area contributed by atoms with Gasteiger partial charge in [-0.05, 0) is 30.5 Å². The van der Waals surface area contributed by atoms with E-state index >= 15 is 0 Å². The average Bonchev–Trinajstić information content (AvgIpc) is 2.46. The molecule has 1 aromatic carbocycles. The van der Waals surface area contributed by atoms with Crippen LogP contribution in [-0.2, 0) is 0 Å². The van der Waals surface area contributed by atoms with Gasteiger partial charge in [-0.25, -0.2) is 0 Å². The van der Waals surface area contributed by atoms with Crippen LogP contribution in [0.25, 0.3) is 0 Å². The highest BCUT2D eigenvalue weighted by molar-refractivity contribution is 5.34. The SMILES string of the molecule is CCCCC(O)(CC)C(C#N)c1ccc(OC)cc1. The Morgan fingerprint density at radius 3 is 2.37 bits per heavy atom. The minimum absolute atomic E-state index is 0.491. The second-order valence-electron chi connectivity index (χ2n) is 4.90. The van der Waals surface area contributed by atoms with Gasteiger partial charge in [0.2, 0.25) is 0 Å². The summed E-state index contributed by atoms with van der Waals surface area (Å²) in [5.74, 6) is 0.268. The van der Waals surface area contributed by atoms with Gasteiger partial charge in [0, 0.05) is 0 Å². The first kappa shape index (κ1) is 15.5. The number of hydrogen-bond donors (Lipinski definition) is 1. The minimum atomic E-state index is -0.945. The van der Waals surface area contributed by atoms with Crippen molar-refractivity contribution in [2.75, 3.05) is 7.11 Å². The molecule has 19 heavy (non-hydrogen) atoms. The highest BCUT2D eigenvalue weighted by Gasteiger charge is 2.35. The van der Waals surface area contributed by atoms with Crippen molar-refractivity contribution >= 4 is 0 Å². The molecule has 2 atom stereocenters. The van der Waals surface area contributed by atoms with Crippen LogP contribution < -0.4 is 4.74 Å². The van der Waals surface area contributed by atoms with E-state index in [2.05, 4.69) is 13.0 Å². The molecular weight excluding hydrogens is 238 g/mol. The molecule has 1 N–H and O–H groups in total. The first-order valence-electron chi connectivity index (χ1n) is 6.87. The highest BCUT2D eigenvalue weighted by atomic mass is 16.5. The first-order valence-corrected chi connectivity index (χ1v) is 6.87. The summed E-state index contributed by atoms with van der Waals surface area (Å²) in [4.78, 5) is 0. The van der Waals surface area contributed by atoms with E-state index in [1.807, 2.05) is 31.2 Å². The van der Waals surface area contributed by atoms with Crippen molar-refractivity contribution in [3.63, 3.8) is 0 Å². The normalized spacial score (nSPS) is 15.3. The molecule has 0 aliphatic heterocycles. The van der Waals surface area contributed by atoms with E-state index in [1.54, 1.807) is 7.11 Å². The Morgan fingerprint density at radius 2 is 1.95 bits per heavy atom. The number of nitrogens with zero attached hydrogens (tertiary/aromatic N) is 1. The van der Waals surface area contributed by atoms with Crippen LogP contribution >= 0.6 is 0 Å². The predicted molar refractivity (Wildman–Crippen MR) is 76.1 cm³/mol. The van der Waals surface area contributed by atoms with Gasteiger partial charge >= 0.3 is 0 Å². The van der Waals surface area contributed by atoms with Crippen molar-refractivity contribution in [3.8, 4) is 11.8 Å². The van der Waals surface area contributed by atoms with Crippen molar-refractivity contribution < 1.29 is 9.84 Å². The van der Waals surface area contributed by atoms with Crippen molar-refractivity contribution in [1.82, 2.24) is 0 Å². The lowest BCUT2D eigenvalue weighted by atomic mass is 9.78. The average molecular weight is 261 g/mol. The number of rotatable bonds is 7. The number of nitriles is 1. The van der Waals surface area contributed by atoms with E-state index in [1.165, 1.54) is 0 Å². The van der Waals surface area contributed by atoms with E-state index in [4.69, 9.17) is 4.74 Å². The molecule has 0 spiro atoms. The third-order valence-corrected chi connectivity index (χ3v) is 3.69. The lowest BCUT2D eigenvalue weighted by molar-refractivity contribution is 0.0133. The van der Waals surface area contributed by atoms with E-state index in [0.717, 1.165) is 24.2 Å². The van der Waals surface area contributed by atoms with Crippen LogP contribution in [0.15, 0.2) is 24.3 Å². The second kappa shape index (κ2) is 7.16. The second-order valence-corrected chi connectivity index (χ2v) is 4.90. The molecule has 0 aliphatic carbocycles. The Bertz CT molecular complexity index is 421. The molecule has 3 heteroatoms. The first-order chi connectivity index (χ1) is 9.11. The fourth-order valence-electron chi connectivity index (χ4n) is 2.31. The number of methoxy groups -OCH3 is 1. The smallest absolute Gasteiger partial charge is 0.118 e. The van der Waals surface area contributed by atoms with Gasteiger partial charge in [0.1, 0.15) is 5.75 Å². The van der Waals surface area contributed by atoms with Crippen molar-refractivity contribution in [1.29, 1.82) is 5.26 Å². The Morgan fingerprint density at radius 1 is 1.32 bits per heavy atom. The van der Waals surface area contributed by atoms with Crippen LogP contribution in [0.2, 0.25) is 0 Å². The number of unbranched alkanes of at least 4 members (excludes halogenated alkanes) is 1. The summed E-state index contributed by atoms with van der Waals surface area (Å²) < 4.78 is 5.11. The Hall–Kier alpha value is -1.53. The third kappa shape index (κ3) is 3.71. The number of ether oxygens (including phenoxy) is 1. The summed E-state index contributed by atoms with van der Waals surface area (Å²) in [5.41, 5.74) is -0.0944. The maximum Gasteiger partial charge on any atom is 0.118 e. The van der Waals surface area contributed by atoms with E-state index in [9.17, 15) is 10.4 Å². The summed E-state index contributed by atoms with van der Waals surface area (Å²) in [6.07, 6.45) is 3.18. The molecule has 0 aromatic heterocycles. The monoisotopic (exact) mass is 261 g/mol. The summed E-state index contributed by atoms with van der Waals surface area (Å²) in [6, 6.07) is 9.64. The summed E-state index contributed by atoms with van der Waals surface area (Å²) in [6.45, 7) is 4.02. The topological polar surface area (TPSA) is 53.2 Å². The maximum atomic E-state index is 10.7. The van der Waals surface area contributed by atoms with Crippen LogP contribution in [0.1, 0.15) is 51.0 Å². The van der Waals surface area contributed by atoms with Gasteiger partial charge < -0.3 is 9.84 Å². The van der Waals surface area contributed by atoms with Crippen LogP contribution in [0.4, 0.5) is 0 Å². The molecule has 0 fully saturated rings. The Kier molecular flexibility index (Phi) is 5.85. The lowest BCUT2D eigenvalue weighted by Gasteiger charge is -2.31. The van der Waals surface area contributed by atoms with Gasteiger partial charge in [-0.1, -0.05) is 38.8 Å². The molecule has 0 bridgehead atoms. The van der Waals surface area contributed by atoms with E-state index in [-0.39, 0.29) is 0 Å². The van der Waals surface area contributed by atoms with Crippen molar-refractivity contribution in [3.05, 3.63) is 29.8 Å². The molecule has 0 amide bonds. The fourth-order valence-corrected chi connectivity index (χ4v) is 2.31. The minimum Gasteiger partial charge on any atom is -0.497 e. The van der Waals surface area contributed by atoms with Gasteiger partial charge in [-0.15, -0.1) is 0 Å².